The van der Waals surface area contributed by atoms with E-state index in [9.17, 15) is 13.5 Å². The van der Waals surface area contributed by atoms with Gasteiger partial charge in [-0.1, -0.05) is 18.2 Å². The molecule has 1 N–H and O–H groups in total. The number of sulfone groups is 1. The van der Waals surface area contributed by atoms with Crippen molar-refractivity contribution in [1.82, 2.24) is 0 Å². The van der Waals surface area contributed by atoms with Gasteiger partial charge in [0, 0.05) is 11.8 Å². The van der Waals surface area contributed by atoms with Crippen molar-refractivity contribution in [2.24, 2.45) is 0 Å². The highest BCUT2D eigenvalue weighted by Gasteiger charge is 2.22. The lowest BCUT2D eigenvalue weighted by atomic mass is 10.00. The zero-order valence-corrected chi connectivity index (χ0v) is 10.5. The molecular formula is C12H16O4S. The number of aliphatic hydroxyl groups excluding tert-OH is 1. The summed E-state index contributed by atoms with van der Waals surface area (Å²) in [6.07, 6.45) is 1.97. The number of aliphatic hydroxyl groups is 1. The highest BCUT2D eigenvalue weighted by Crippen LogP contribution is 2.33. The maximum Gasteiger partial charge on any atom is 0.150 e. The number of hydrogen-bond donors (Lipinski definition) is 1. The van der Waals surface area contributed by atoms with Crippen LogP contribution in [0.1, 0.15) is 23.7 Å². The first-order valence-corrected chi connectivity index (χ1v) is 7.64. The van der Waals surface area contributed by atoms with Crippen LogP contribution >= 0.6 is 0 Å². The van der Waals surface area contributed by atoms with Gasteiger partial charge in [-0.2, -0.15) is 0 Å². The lowest BCUT2D eigenvalue weighted by Crippen LogP contribution is -2.16. The predicted molar refractivity (Wildman–Crippen MR) is 64.9 cm³/mol. The van der Waals surface area contributed by atoms with Gasteiger partial charge in [0.15, 0.2) is 0 Å². The number of hydrogen-bond acceptors (Lipinski definition) is 4. The summed E-state index contributed by atoms with van der Waals surface area (Å²) in [6, 6.07) is 5.50. The Kier molecular flexibility index (Phi) is 3.40. The van der Waals surface area contributed by atoms with Crippen molar-refractivity contribution in [1.29, 1.82) is 0 Å². The van der Waals surface area contributed by atoms with Gasteiger partial charge in [0.1, 0.15) is 15.6 Å². The predicted octanol–water partition coefficient (Wildman–Crippen LogP) is 1.09. The molecule has 0 amide bonds. The van der Waals surface area contributed by atoms with Crippen LogP contribution in [-0.4, -0.2) is 32.1 Å². The Morgan fingerprint density at radius 3 is 2.94 bits per heavy atom. The molecule has 0 radical (unpaired) electrons. The monoisotopic (exact) mass is 256 g/mol. The second kappa shape index (κ2) is 4.66. The second-order valence-electron chi connectivity index (χ2n) is 4.40. The molecule has 94 valence electrons. The fourth-order valence-electron chi connectivity index (χ4n) is 2.05. The van der Waals surface area contributed by atoms with Crippen LogP contribution in [0.25, 0.3) is 0 Å². The van der Waals surface area contributed by atoms with Crippen LogP contribution in [0.3, 0.4) is 0 Å². The molecule has 1 unspecified atom stereocenters. The summed E-state index contributed by atoms with van der Waals surface area (Å²) in [5.41, 5.74) is 1.62. The molecule has 0 aromatic heterocycles. The molecule has 1 aromatic carbocycles. The lowest BCUT2D eigenvalue weighted by molar-refractivity contribution is 0.190. The van der Waals surface area contributed by atoms with E-state index in [1.54, 1.807) is 6.07 Å². The zero-order valence-electron chi connectivity index (χ0n) is 9.72. The molecule has 1 aliphatic heterocycles. The molecule has 4 nitrogen and oxygen atoms in total. The Hall–Kier alpha value is -1.07. The van der Waals surface area contributed by atoms with Crippen molar-refractivity contribution >= 4 is 9.84 Å². The minimum atomic E-state index is -3.20. The Morgan fingerprint density at radius 1 is 1.47 bits per heavy atom. The van der Waals surface area contributed by atoms with Crippen molar-refractivity contribution in [3.05, 3.63) is 29.3 Å². The third kappa shape index (κ3) is 2.98. The summed E-state index contributed by atoms with van der Waals surface area (Å²) in [5, 5.41) is 9.95. The average Bonchev–Trinajstić information content (AvgIpc) is 2.26. The highest BCUT2D eigenvalue weighted by atomic mass is 32.2. The molecule has 0 fully saturated rings. The fraction of sp³-hybridized carbons (Fsp3) is 0.500. The van der Waals surface area contributed by atoms with E-state index in [-0.39, 0.29) is 5.75 Å². The summed E-state index contributed by atoms with van der Waals surface area (Å²) >= 11 is 0. The topological polar surface area (TPSA) is 63.6 Å². The van der Waals surface area contributed by atoms with E-state index >= 15 is 0 Å². The van der Waals surface area contributed by atoms with Gasteiger partial charge in [0.05, 0.1) is 18.5 Å². The first-order chi connectivity index (χ1) is 7.97. The van der Waals surface area contributed by atoms with Crippen molar-refractivity contribution in [2.75, 3.05) is 18.6 Å². The van der Waals surface area contributed by atoms with Gasteiger partial charge in [-0.25, -0.2) is 8.42 Å². The number of benzene rings is 1. The van der Waals surface area contributed by atoms with Crippen LogP contribution in [0.4, 0.5) is 0 Å². The molecule has 2 rings (SSSR count). The fourth-order valence-corrected chi connectivity index (χ4v) is 2.81. The second-order valence-corrected chi connectivity index (χ2v) is 6.58. The Balaban J connectivity index is 2.32. The number of aryl methyl sites for hydroxylation is 1. The Labute approximate surface area is 101 Å². The molecule has 1 atom stereocenters. The molecule has 1 heterocycles. The smallest absolute Gasteiger partial charge is 0.150 e. The van der Waals surface area contributed by atoms with E-state index < -0.39 is 15.9 Å². The molecule has 5 heteroatoms. The van der Waals surface area contributed by atoms with Gasteiger partial charge >= 0.3 is 0 Å². The SMILES string of the molecule is CS(=O)(=O)CC(O)c1cccc2c1OCCC2. The van der Waals surface area contributed by atoms with E-state index in [4.69, 9.17) is 4.74 Å². The quantitative estimate of drug-likeness (QED) is 0.879. The molecular weight excluding hydrogens is 240 g/mol. The minimum Gasteiger partial charge on any atom is -0.493 e. The maximum absolute atomic E-state index is 11.2. The van der Waals surface area contributed by atoms with Crippen LogP contribution in [0.15, 0.2) is 18.2 Å². The number of fused-ring (bicyclic) bond motifs is 1. The summed E-state index contributed by atoms with van der Waals surface area (Å²) in [6.45, 7) is 0.621. The lowest BCUT2D eigenvalue weighted by Gasteiger charge is -2.22. The van der Waals surface area contributed by atoms with Gasteiger partial charge in [0.25, 0.3) is 0 Å². The van der Waals surface area contributed by atoms with E-state index in [0.717, 1.165) is 24.7 Å². The van der Waals surface area contributed by atoms with Gasteiger partial charge in [-0.3, -0.25) is 0 Å². The third-order valence-corrected chi connectivity index (χ3v) is 3.70. The summed E-state index contributed by atoms with van der Waals surface area (Å²) in [5.74, 6) is 0.391. The van der Waals surface area contributed by atoms with E-state index in [0.29, 0.717) is 17.9 Å². The van der Waals surface area contributed by atoms with E-state index in [1.165, 1.54) is 0 Å². The van der Waals surface area contributed by atoms with Crippen LogP contribution in [0.2, 0.25) is 0 Å². The van der Waals surface area contributed by atoms with E-state index in [2.05, 4.69) is 0 Å². The molecule has 0 saturated carbocycles. The molecule has 0 saturated heterocycles. The van der Waals surface area contributed by atoms with Gasteiger partial charge in [-0.05, 0) is 18.4 Å². The maximum atomic E-state index is 11.2. The van der Waals surface area contributed by atoms with Crippen molar-refractivity contribution < 1.29 is 18.3 Å². The summed E-state index contributed by atoms with van der Waals surface area (Å²) in [4.78, 5) is 0. The minimum absolute atomic E-state index is 0.271. The van der Waals surface area contributed by atoms with Crippen molar-refractivity contribution in [3.8, 4) is 5.75 Å². The molecule has 1 aromatic rings. The molecule has 0 aliphatic carbocycles. The van der Waals surface area contributed by atoms with E-state index in [1.807, 2.05) is 12.1 Å². The Morgan fingerprint density at radius 2 is 2.24 bits per heavy atom. The number of rotatable bonds is 3. The molecule has 0 bridgehead atoms. The highest BCUT2D eigenvalue weighted by molar-refractivity contribution is 7.90. The zero-order chi connectivity index (χ0) is 12.5. The summed E-state index contributed by atoms with van der Waals surface area (Å²) < 4.78 is 27.9. The molecule has 0 spiro atoms. The van der Waals surface area contributed by atoms with Gasteiger partial charge < -0.3 is 9.84 Å². The van der Waals surface area contributed by atoms with Gasteiger partial charge in [0.2, 0.25) is 0 Å². The van der Waals surface area contributed by atoms with Crippen LogP contribution in [0, 0.1) is 0 Å². The average molecular weight is 256 g/mol. The number of para-hydroxylation sites is 1. The molecule has 1 aliphatic rings. The van der Waals surface area contributed by atoms with Crippen LogP contribution in [-0.2, 0) is 16.3 Å². The standard InChI is InChI=1S/C12H16O4S/c1-17(14,15)8-11(13)10-6-2-4-9-5-3-7-16-12(9)10/h2,4,6,11,13H,3,5,7-8H2,1H3. The Bertz CT molecular complexity index is 507. The largest absolute Gasteiger partial charge is 0.493 e. The van der Waals surface area contributed by atoms with Crippen molar-refractivity contribution in [2.45, 2.75) is 18.9 Å². The normalized spacial score (nSPS) is 17.1. The summed E-state index contributed by atoms with van der Waals surface area (Å²) in [7, 11) is -3.20. The van der Waals surface area contributed by atoms with Crippen LogP contribution in [0.5, 0.6) is 5.75 Å². The number of ether oxygens (including phenoxy) is 1. The third-order valence-electron chi connectivity index (χ3n) is 2.78. The van der Waals surface area contributed by atoms with Gasteiger partial charge in [-0.15, -0.1) is 0 Å². The van der Waals surface area contributed by atoms with Crippen LogP contribution < -0.4 is 4.74 Å². The molecule has 17 heavy (non-hydrogen) atoms. The first-order valence-electron chi connectivity index (χ1n) is 5.58. The van der Waals surface area contributed by atoms with Crippen molar-refractivity contribution in [3.63, 3.8) is 0 Å². The first kappa shape index (κ1) is 12.4.